The van der Waals surface area contributed by atoms with Crippen molar-refractivity contribution in [2.75, 3.05) is 13.2 Å². The predicted octanol–water partition coefficient (Wildman–Crippen LogP) is 0.996. The molecule has 24 heavy (non-hydrogen) atoms. The van der Waals surface area contributed by atoms with E-state index in [9.17, 15) is 35.6 Å². The van der Waals surface area contributed by atoms with Crippen molar-refractivity contribution in [3.8, 4) is 0 Å². The Morgan fingerprint density at radius 3 is 1.88 bits per heavy atom. The van der Waals surface area contributed by atoms with Crippen molar-refractivity contribution in [3.63, 3.8) is 0 Å². The maximum atomic E-state index is 12.8. The van der Waals surface area contributed by atoms with E-state index in [0.29, 0.717) is 0 Å². The third-order valence-electron chi connectivity index (χ3n) is 1.90. The van der Waals surface area contributed by atoms with Crippen LogP contribution in [0.4, 0.5) is 17.6 Å². The van der Waals surface area contributed by atoms with Crippen molar-refractivity contribution in [1.82, 2.24) is 0 Å². The molecule has 0 unspecified atom stereocenters. The molecule has 0 fully saturated rings. The lowest BCUT2D eigenvalue weighted by molar-refractivity contribution is -0.433. The summed E-state index contributed by atoms with van der Waals surface area (Å²) >= 11 is -0.680. The monoisotopic (exact) mass is 406 g/mol. The molecule has 0 aromatic carbocycles. The molecule has 0 aromatic rings. The van der Waals surface area contributed by atoms with Crippen LogP contribution < -0.4 is 0 Å². The minimum atomic E-state index is -5.79. The number of carbonyl (C=O) groups is 2. The molecule has 2 N–H and O–H groups in total. The van der Waals surface area contributed by atoms with E-state index in [4.69, 9.17) is 9.81 Å². The van der Waals surface area contributed by atoms with Crippen LogP contribution in [0.2, 0.25) is 0 Å². The summed E-state index contributed by atoms with van der Waals surface area (Å²) in [5.41, 5.74) is 0. The van der Waals surface area contributed by atoms with Crippen LogP contribution >= 0.6 is 12.0 Å². The Kier molecular flexibility index (Phi) is 8.86. The van der Waals surface area contributed by atoms with Crippen LogP contribution in [0.25, 0.3) is 0 Å². The van der Waals surface area contributed by atoms with Crippen molar-refractivity contribution >= 4 is 34.1 Å². The Bertz CT molecular complexity index is 537. The Morgan fingerprint density at radius 2 is 1.46 bits per heavy atom. The molecule has 0 amide bonds. The Balaban J connectivity index is 4.13. The van der Waals surface area contributed by atoms with Crippen LogP contribution in [0.15, 0.2) is 0 Å². The van der Waals surface area contributed by atoms with Crippen molar-refractivity contribution in [3.05, 3.63) is 0 Å². The minimum absolute atomic E-state index is 0.680. The first-order chi connectivity index (χ1) is 10.8. The molecule has 0 radical (unpaired) electrons. The van der Waals surface area contributed by atoms with Gasteiger partial charge in [-0.1, -0.05) is 5.04 Å². The van der Waals surface area contributed by atoms with Gasteiger partial charge in [0.25, 0.3) is 0 Å². The standard InChI is InChI=1S/C8H10F4O10S2/c9-7(10,23-22-21-15)3-19-5(13)1-2-6(14)20-4-8(11,12)24(16,17)18/h15H,1-4H2,(H,16,17,18). The van der Waals surface area contributed by atoms with E-state index >= 15 is 0 Å². The van der Waals surface area contributed by atoms with Crippen molar-refractivity contribution in [1.29, 1.82) is 0 Å². The summed E-state index contributed by atoms with van der Waals surface area (Å²) in [6, 6.07) is 0. The van der Waals surface area contributed by atoms with Crippen LogP contribution in [0.5, 0.6) is 0 Å². The van der Waals surface area contributed by atoms with Crippen LogP contribution in [-0.2, 0) is 38.6 Å². The van der Waals surface area contributed by atoms with E-state index in [1.165, 1.54) is 0 Å². The average Bonchev–Trinajstić information content (AvgIpc) is 2.46. The molecule has 0 saturated carbocycles. The number of hydrogen-bond donors (Lipinski definition) is 2. The second-order valence-corrected chi connectivity index (χ2v) is 6.24. The normalized spacial score (nSPS) is 12.8. The number of hydrogen-bond acceptors (Lipinski definition) is 10. The lowest BCUT2D eigenvalue weighted by atomic mass is 10.3. The van der Waals surface area contributed by atoms with Crippen molar-refractivity contribution in [2.45, 2.75) is 23.4 Å². The molecule has 0 atom stereocenters. The number of carbonyl (C=O) groups excluding carboxylic acids is 2. The largest absolute Gasteiger partial charge is 0.458 e. The quantitative estimate of drug-likeness (QED) is 0.126. The topological polar surface area (TPSA) is 146 Å². The fraction of sp³-hybridized carbons (Fsp3) is 0.750. The van der Waals surface area contributed by atoms with Gasteiger partial charge >= 0.3 is 32.6 Å². The summed E-state index contributed by atoms with van der Waals surface area (Å²) in [5.74, 6) is -2.80. The molecule has 0 aromatic heterocycles. The third-order valence-corrected chi connectivity index (χ3v) is 3.26. The summed E-state index contributed by atoms with van der Waals surface area (Å²) < 4.78 is 91.0. The smallest absolute Gasteiger partial charge is 0.402 e. The second-order valence-electron chi connectivity index (χ2n) is 3.80. The van der Waals surface area contributed by atoms with Crippen LogP contribution in [0, 0.1) is 0 Å². The van der Waals surface area contributed by atoms with Gasteiger partial charge in [0.15, 0.2) is 13.2 Å². The van der Waals surface area contributed by atoms with E-state index in [1.807, 2.05) is 0 Å². The number of rotatable bonds is 11. The summed E-state index contributed by atoms with van der Waals surface area (Å²) in [5, 5.41) is 2.04. The zero-order valence-electron chi connectivity index (χ0n) is 11.3. The molecule has 0 rings (SSSR count). The maximum absolute atomic E-state index is 12.8. The van der Waals surface area contributed by atoms with Gasteiger partial charge in [0.05, 0.1) is 12.8 Å². The van der Waals surface area contributed by atoms with Gasteiger partial charge in [0.2, 0.25) is 0 Å². The number of ether oxygens (including phenoxy) is 2. The fourth-order valence-corrected chi connectivity index (χ4v) is 1.29. The van der Waals surface area contributed by atoms with E-state index in [2.05, 4.69) is 18.8 Å². The van der Waals surface area contributed by atoms with Gasteiger partial charge in [0, 0.05) is 0 Å². The third kappa shape index (κ3) is 9.18. The van der Waals surface area contributed by atoms with E-state index in [0.717, 1.165) is 0 Å². The molecule has 142 valence electrons. The molecule has 10 nitrogen and oxygen atoms in total. The molecule has 0 aliphatic carbocycles. The van der Waals surface area contributed by atoms with E-state index in [-0.39, 0.29) is 0 Å². The Labute approximate surface area is 135 Å². The first-order valence-corrected chi connectivity index (χ1v) is 7.69. The minimum Gasteiger partial charge on any atom is -0.458 e. The SMILES string of the molecule is O=C(CCC(=O)OCC(F)(F)S(=O)(=O)O)OCC(F)(F)SOOO. The number of esters is 2. The summed E-state index contributed by atoms with van der Waals surface area (Å²) in [6.45, 7) is -3.51. The predicted molar refractivity (Wildman–Crippen MR) is 65.0 cm³/mol. The van der Waals surface area contributed by atoms with Crippen molar-refractivity contribution < 1.29 is 64.2 Å². The molecule has 0 saturated heterocycles. The highest BCUT2D eigenvalue weighted by atomic mass is 32.2. The summed E-state index contributed by atoms with van der Waals surface area (Å²) in [7, 11) is -5.79. The Morgan fingerprint density at radius 1 is 1.00 bits per heavy atom. The lowest BCUT2D eigenvalue weighted by Crippen LogP contribution is -2.34. The first kappa shape index (κ1) is 22.8. The highest BCUT2D eigenvalue weighted by Crippen LogP contribution is 2.30. The molecule has 0 spiro atoms. The molecule has 16 heteroatoms. The van der Waals surface area contributed by atoms with Gasteiger partial charge in [-0.15, -0.1) is 4.33 Å². The van der Waals surface area contributed by atoms with Gasteiger partial charge < -0.3 is 9.47 Å². The second kappa shape index (κ2) is 9.33. The molecule has 0 bridgehead atoms. The molecular formula is C8H10F4O10S2. The highest BCUT2D eigenvalue weighted by Gasteiger charge is 2.45. The van der Waals surface area contributed by atoms with E-state index in [1.54, 1.807) is 0 Å². The molecule has 0 aliphatic rings. The van der Waals surface area contributed by atoms with Crippen molar-refractivity contribution in [2.24, 2.45) is 0 Å². The first-order valence-electron chi connectivity index (χ1n) is 5.50. The van der Waals surface area contributed by atoms with Gasteiger partial charge in [-0.25, -0.2) is 5.26 Å². The average molecular weight is 406 g/mol. The van der Waals surface area contributed by atoms with Crippen LogP contribution in [0.3, 0.4) is 0 Å². The van der Waals surface area contributed by atoms with Gasteiger partial charge in [0.1, 0.15) is 12.0 Å². The van der Waals surface area contributed by atoms with Crippen LogP contribution in [-0.4, -0.2) is 53.9 Å². The van der Waals surface area contributed by atoms with Crippen LogP contribution in [0.1, 0.15) is 12.8 Å². The van der Waals surface area contributed by atoms with Gasteiger partial charge in [-0.05, 0) is 0 Å². The zero-order valence-corrected chi connectivity index (χ0v) is 13.0. The lowest BCUT2D eigenvalue weighted by Gasteiger charge is -2.14. The van der Waals surface area contributed by atoms with Gasteiger partial charge in [-0.3, -0.25) is 14.1 Å². The highest BCUT2D eigenvalue weighted by molar-refractivity contribution is 7.95. The fourth-order valence-electron chi connectivity index (χ4n) is 0.841. The molecule has 0 aliphatic heterocycles. The molecular weight excluding hydrogens is 396 g/mol. The molecule has 0 heterocycles. The zero-order chi connectivity index (χ0) is 19.0. The Hall–Kier alpha value is -1.20. The summed E-state index contributed by atoms with van der Waals surface area (Å²) in [4.78, 5) is 22.1. The van der Waals surface area contributed by atoms with E-state index < -0.39 is 70.7 Å². The maximum Gasteiger partial charge on any atom is 0.402 e. The number of alkyl halides is 4. The number of halogens is 4. The summed E-state index contributed by atoms with van der Waals surface area (Å²) in [6.07, 6.45) is -1.72. The van der Waals surface area contributed by atoms with Gasteiger partial charge in [-0.2, -0.15) is 26.0 Å².